The average Bonchev–Trinajstić information content (AvgIpc) is 3.01. The summed E-state index contributed by atoms with van der Waals surface area (Å²) >= 11 is 0. The summed E-state index contributed by atoms with van der Waals surface area (Å²) in [5.74, 6) is 0.232. The number of carbonyl (C=O) groups excluding carboxylic acids is 1. The number of nitrogens with one attached hydrogen (secondary N) is 1. The van der Waals surface area contributed by atoms with Gasteiger partial charge < -0.3 is 15.8 Å². The van der Waals surface area contributed by atoms with E-state index in [9.17, 15) is 9.18 Å². The molecule has 1 fully saturated rings. The average molecular weight is 308 g/mol. The standard InChI is InChI=1S/C17H25FN2O2/c18-15-11-13(5-7-16(15)19)6-8-17(21)20-9-10-22-12-14-3-1-2-4-14/h5,7,11,14H,1-4,6,8-10,12,19H2,(H,20,21). The van der Waals surface area contributed by atoms with Crippen molar-refractivity contribution in [3.05, 3.63) is 29.6 Å². The molecule has 1 aliphatic rings. The van der Waals surface area contributed by atoms with Crippen LogP contribution in [0.1, 0.15) is 37.7 Å². The summed E-state index contributed by atoms with van der Waals surface area (Å²) in [6.45, 7) is 1.89. The van der Waals surface area contributed by atoms with E-state index in [4.69, 9.17) is 10.5 Å². The molecule has 0 aromatic heterocycles. The van der Waals surface area contributed by atoms with E-state index in [1.807, 2.05) is 0 Å². The van der Waals surface area contributed by atoms with Crippen LogP contribution in [0.25, 0.3) is 0 Å². The maximum Gasteiger partial charge on any atom is 0.220 e. The monoisotopic (exact) mass is 308 g/mol. The highest BCUT2D eigenvalue weighted by Gasteiger charge is 2.14. The van der Waals surface area contributed by atoms with Crippen LogP contribution in [0.3, 0.4) is 0 Å². The summed E-state index contributed by atoms with van der Waals surface area (Å²) in [7, 11) is 0. The predicted molar refractivity (Wildman–Crippen MR) is 84.9 cm³/mol. The second-order valence-corrected chi connectivity index (χ2v) is 5.93. The van der Waals surface area contributed by atoms with Gasteiger partial charge in [0.15, 0.2) is 0 Å². The van der Waals surface area contributed by atoms with E-state index in [0.29, 0.717) is 31.9 Å². The van der Waals surface area contributed by atoms with Crippen molar-refractivity contribution >= 4 is 11.6 Å². The molecule has 1 aliphatic carbocycles. The molecule has 0 atom stereocenters. The van der Waals surface area contributed by atoms with Crippen molar-refractivity contribution in [3.8, 4) is 0 Å². The quantitative estimate of drug-likeness (QED) is 0.573. The zero-order valence-electron chi connectivity index (χ0n) is 12.9. The second kappa shape index (κ2) is 8.73. The van der Waals surface area contributed by atoms with Crippen molar-refractivity contribution in [2.45, 2.75) is 38.5 Å². The van der Waals surface area contributed by atoms with Crippen LogP contribution >= 0.6 is 0 Å². The lowest BCUT2D eigenvalue weighted by Gasteiger charge is -2.10. The van der Waals surface area contributed by atoms with Crippen molar-refractivity contribution in [2.75, 3.05) is 25.5 Å². The Morgan fingerprint density at radius 1 is 1.36 bits per heavy atom. The highest BCUT2D eigenvalue weighted by Crippen LogP contribution is 2.24. The van der Waals surface area contributed by atoms with Crippen molar-refractivity contribution in [1.29, 1.82) is 0 Å². The smallest absolute Gasteiger partial charge is 0.220 e. The van der Waals surface area contributed by atoms with E-state index in [1.54, 1.807) is 6.07 Å². The molecule has 0 unspecified atom stereocenters. The summed E-state index contributed by atoms with van der Waals surface area (Å²) < 4.78 is 18.9. The van der Waals surface area contributed by atoms with Gasteiger partial charge in [0, 0.05) is 19.6 Å². The Kier molecular flexibility index (Phi) is 6.65. The fraction of sp³-hybridized carbons (Fsp3) is 0.588. The van der Waals surface area contributed by atoms with Crippen LogP contribution < -0.4 is 11.1 Å². The van der Waals surface area contributed by atoms with Gasteiger partial charge in [-0.3, -0.25) is 4.79 Å². The summed E-state index contributed by atoms with van der Waals surface area (Å²) in [5, 5.41) is 2.82. The lowest BCUT2D eigenvalue weighted by atomic mass is 10.1. The Morgan fingerprint density at radius 2 is 2.14 bits per heavy atom. The number of ether oxygens (including phenoxy) is 1. The highest BCUT2D eigenvalue weighted by molar-refractivity contribution is 5.76. The summed E-state index contributed by atoms with van der Waals surface area (Å²) in [4.78, 5) is 11.7. The Labute approximate surface area is 131 Å². The third-order valence-electron chi connectivity index (χ3n) is 4.10. The van der Waals surface area contributed by atoms with Crippen LogP contribution in [0.15, 0.2) is 18.2 Å². The van der Waals surface area contributed by atoms with Gasteiger partial charge in [-0.2, -0.15) is 0 Å². The van der Waals surface area contributed by atoms with E-state index in [-0.39, 0.29) is 11.6 Å². The first-order chi connectivity index (χ1) is 10.6. The summed E-state index contributed by atoms with van der Waals surface area (Å²) in [6, 6.07) is 4.66. The van der Waals surface area contributed by atoms with Gasteiger partial charge in [-0.15, -0.1) is 0 Å². The van der Waals surface area contributed by atoms with Gasteiger partial charge >= 0.3 is 0 Å². The van der Waals surface area contributed by atoms with Crippen LogP contribution in [-0.2, 0) is 16.0 Å². The molecule has 1 aromatic carbocycles. The molecule has 3 N–H and O–H groups in total. The zero-order valence-corrected chi connectivity index (χ0v) is 12.9. The second-order valence-electron chi connectivity index (χ2n) is 5.93. The molecule has 0 aliphatic heterocycles. The Balaban J connectivity index is 1.54. The molecular weight excluding hydrogens is 283 g/mol. The fourth-order valence-electron chi connectivity index (χ4n) is 2.76. The van der Waals surface area contributed by atoms with Crippen molar-refractivity contribution in [1.82, 2.24) is 5.32 Å². The van der Waals surface area contributed by atoms with Crippen molar-refractivity contribution in [2.24, 2.45) is 5.92 Å². The molecule has 0 spiro atoms. The van der Waals surface area contributed by atoms with E-state index < -0.39 is 5.82 Å². The van der Waals surface area contributed by atoms with Crippen LogP contribution in [0.2, 0.25) is 0 Å². The van der Waals surface area contributed by atoms with Crippen LogP contribution in [0.5, 0.6) is 0 Å². The number of amides is 1. The molecule has 1 aromatic rings. The molecule has 2 rings (SSSR count). The third-order valence-corrected chi connectivity index (χ3v) is 4.10. The number of carbonyl (C=O) groups is 1. The van der Waals surface area contributed by atoms with Gasteiger partial charge in [-0.05, 0) is 42.9 Å². The van der Waals surface area contributed by atoms with E-state index in [1.165, 1.54) is 37.8 Å². The Hall–Kier alpha value is -1.62. The molecule has 1 saturated carbocycles. The predicted octanol–water partition coefficient (Wildman–Crippen LogP) is 2.66. The first kappa shape index (κ1) is 16.7. The Bertz CT molecular complexity index is 488. The molecule has 22 heavy (non-hydrogen) atoms. The molecule has 4 nitrogen and oxygen atoms in total. The maximum atomic E-state index is 13.3. The minimum absolute atomic E-state index is 0.0401. The molecule has 0 heterocycles. The van der Waals surface area contributed by atoms with Gasteiger partial charge in [0.2, 0.25) is 5.91 Å². The number of rotatable bonds is 8. The van der Waals surface area contributed by atoms with Crippen molar-refractivity contribution in [3.63, 3.8) is 0 Å². The van der Waals surface area contributed by atoms with Gasteiger partial charge in [-0.25, -0.2) is 4.39 Å². The summed E-state index contributed by atoms with van der Waals surface area (Å²) in [5.41, 5.74) is 6.33. The zero-order chi connectivity index (χ0) is 15.8. The minimum atomic E-state index is -0.432. The van der Waals surface area contributed by atoms with Crippen LogP contribution in [0.4, 0.5) is 10.1 Å². The van der Waals surface area contributed by atoms with Gasteiger partial charge in [0.1, 0.15) is 5.82 Å². The summed E-state index contributed by atoms with van der Waals surface area (Å²) in [6.07, 6.45) is 6.01. The molecule has 122 valence electrons. The van der Waals surface area contributed by atoms with Crippen molar-refractivity contribution < 1.29 is 13.9 Å². The number of anilines is 1. The molecule has 5 heteroatoms. The number of hydrogen-bond donors (Lipinski definition) is 2. The minimum Gasteiger partial charge on any atom is -0.396 e. The number of halogens is 1. The molecule has 1 amide bonds. The largest absolute Gasteiger partial charge is 0.396 e. The molecular formula is C17H25FN2O2. The first-order valence-corrected chi connectivity index (χ1v) is 8.03. The van der Waals surface area contributed by atoms with E-state index in [0.717, 1.165) is 12.2 Å². The number of nitrogen functional groups attached to an aromatic ring is 1. The number of benzene rings is 1. The normalized spacial score (nSPS) is 15.1. The maximum absolute atomic E-state index is 13.3. The molecule has 0 radical (unpaired) electrons. The third kappa shape index (κ3) is 5.64. The van der Waals surface area contributed by atoms with Gasteiger partial charge in [0.25, 0.3) is 0 Å². The van der Waals surface area contributed by atoms with E-state index >= 15 is 0 Å². The van der Waals surface area contributed by atoms with Crippen LogP contribution in [-0.4, -0.2) is 25.7 Å². The number of hydrogen-bond acceptors (Lipinski definition) is 3. The molecule has 0 bridgehead atoms. The lowest BCUT2D eigenvalue weighted by molar-refractivity contribution is -0.121. The fourth-order valence-corrected chi connectivity index (χ4v) is 2.76. The number of aryl methyl sites for hydroxylation is 1. The van der Waals surface area contributed by atoms with Crippen LogP contribution in [0, 0.1) is 11.7 Å². The number of nitrogens with two attached hydrogens (primary N) is 1. The topological polar surface area (TPSA) is 64.4 Å². The SMILES string of the molecule is Nc1ccc(CCC(=O)NCCOCC2CCCC2)cc1F. The first-order valence-electron chi connectivity index (χ1n) is 8.03. The Morgan fingerprint density at radius 3 is 2.86 bits per heavy atom. The molecule has 0 saturated heterocycles. The van der Waals surface area contributed by atoms with Gasteiger partial charge in [-0.1, -0.05) is 18.9 Å². The lowest BCUT2D eigenvalue weighted by Crippen LogP contribution is -2.28. The highest BCUT2D eigenvalue weighted by atomic mass is 19.1. The van der Waals surface area contributed by atoms with Gasteiger partial charge in [0.05, 0.1) is 12.3 Å². The van der Waals surface area contributed by atoms with E-state index in [2.05, 4.69) is 5.32 Å².